The molecule has 1 heterocycles. The lowest BCUT2D eigenvalue weighted by atomic mass is 10.1. The first-order valence-electron chi connectivity index (χ1n) is 8.97. The third-order valence-corrected chi connectivity index (χ3v) is 4.22. The van der Waals surface area contributed by atoms with Crippen molar-refractivity contribution in [2.45, 2.75) is 70.4 Å². The third kappa shape index (κ3) is 6.42. The van der Waals surface area contributed by atoms with Gasteiger partial charge in [-0.1, -0.05) is 26.7 Å². The Balaban J connectivity index is 0.000000397. The van der Waals surface area contributed by atoms with Crippen LogP contribution >= 0.6 is 0 Å². The quantitative estimate of drug-likeness (QED) is 0.495. The van der Waals surface area contributed by atoms with Crippen LogP contribution in [0.4, 0.5) is 13.2 Å². The van der Waals surface area contributed by atoms with Crippen LogP contribution in [0.1, 0.15) is 62.5 Å². The molecule has 0 saturated heterocycles. The summed E-state index contributed by atoms with van der Waals surface area (Å²) in [5.41, 5.74) is -1.32. The number of hydrogen-bond acceptors (Lipinski definition) is 7. The maximum atomic E-state index is 13.1. The monoisotopic (exact) mass is 406 g/mol. The van der Waals surface area contributed by atoms with E-state index in [0.717, 1.165) is 18.9 Å². The van der Waals surface area contributed by atoms with Gasteiger partial charge in [-0.2, -0.15) is 13.2 Å². The summed E-state index contributed by atoms with van der Waals surface area (Å²) in [6, 6.07) is 2.12. The summed E-state index contributed by atoms with van der Waals surface area (Å²) in [4.78, 5) is 4.01. The van der Waals surface area contributed by atoms with Crippen molar-refractivity contribution in [3.63, 3.8) is 0 Å². The van der Waals surface area contributed by atoms with Crippen molar-refractivity contribution in [1.29, 1.82) is 0 Å². The Labute approximate surface area is 159 Å². The summed E-state index contributed by atoms with van der Waals surface area (Å²) < 4.78 is 44.6. The molecule has 0 spiro atoms. The van der Waals surface area contributed by atoms with Gasteiger partial charge in [0, 0.05) is 12.5 Å². The van der Waals surface area contributed by atoms with Crippen LogP contribution in [0, 0.1) is 0 Å². The number of aliphatic hydroxyl groups excluding tert-OH is 1. The zero-order chi connectivity index (χ0) is 21.1. The Morgan fingerprint density at radius 2 is 1.79 bits per heavy atom. The van der Waals surface area contributed by atoms with E-state index in [4.69, 9.17) is 24.8 Å². The van der Waals surface area contributed by atoms with Crippen molar-refractivity contribution >= 4 is 11.1 Å². The molecule has 0 aliphatic heterocycles. The molecular weight excluding hydrogens is 381 g/mol. The number of hydrogen-bond donors (Lipinski definition) is 5. The molecule has 1 aromatic carbocycles. The van der Waals surface area contributed by atoms with E-state index < -0.39 is 24.4 Å². The molecule has 0 amide bonds. The fourth-order valence-electron chi connectivity index (χ4n) is 2.79. The Bertz CT molecular complexity index is 778. The molecule has 1 aliphatic rings. The SMILES string of the molecule is CC(C)c1nc2cc(CNC(O)(O)O)cc(C(F)(F)F)c2o1.OC1CCCC1. The second-order valence-electron chi connectivity index (χ2n) is 7.12. The molecule has 158 valence electrons. The van der Waals surface area contributed by atoms with E-state index in [9.17, 15) is 13.2 Å². The van der Waals surface area contributed by atoms with E-state index in [1.807, 2.05) is 5.32 Å². The molecule has 1 fully saturated rings. The second-order valence-corrected chi connectivity index (χ2v) is 7.12. The van der Waals surface area contributed by atoms with Crippen molar-refractivity contribution in [3.05, 3.63) is 29.2 Å². The van der Waals surface area contributed by atoms with Gasteiger partial charge < -0.3 is 24.8 Å². The lowest BCUT2D eigenvalue weighted by Crippen LogP contribution is -2.44. The average molecular weight is 406 g/mol. The van der Waals surface area contributed by atoms with Gasteiger partial charge >= 0.3 is 12.3 Å². The van der Waals surface area contributed by atoms with E-state index in [2.05, 4.69) is 4.98 Å². The van der Waals surface area contributed by atoms with E-state index in [-0.39, 0.29) is 34.6 Å². The van der Waals surface area contributed by atoms with Crippen LogP contribution in [-0.2, 0) is 12.7 Å². The minimum Gasteiger partial charge on any atom is -0.440 e. The molecule has 1 aliphatic carbocycles. The summed E-state index contributed by atoms with van der Waals surface area (Å²) in [5, 5.41) is 36.8. The van der Waals surface area contributed by atoms with Gasteiger partial charge in [-0.05, 0) is 30.5 Å². The number of oxazole rings is 1. The smallest absolute Gasteiger partial charge is 0.420 e. The molecule has 0 radical (unpaired) electrons. The highest BCUT2D eigenvalue weighted by Gasteiger charge is 2.35. The van der Waals surface area contributed by atoms with Gasteiger partial charge in [-0.3, -0.25) is 0 Å². The van der Waals surface area contributed by atoms with Gasteiger partial charge in [0.25, 0.3) is 0 Å². The van der Waals surface area contributed by atoms with Crippen molar-refractivity contribution in [3.8, 4) is 0 Å². The summed E-state index contributed by atoms with van der Waals surface area (Å²) >= 11 is 0. The van der Waals surface area contributed by atoms with Crippen molar-refractivity contribution in [1.82, 2.24) is 10.3 Å². The standard InChI is InChI=1S/C13H15F3N2O4.C5H10O/c1-6(2)11-18-9-4-7(5-17-13(19,20)21)3-8(10(9)22-11)12(14,15)16;6-5-3-1-2-4-5/h3-4,6,17,19-21H,5H2,1-2H3;5-6H,1-4H2. The van der Waals surface area contributed by atoms with Gasteiger partial charge in [0.2, 0.25) is 0 Å². The number of alkyl halides is 3. The number of aliphatic hydroxyl groups is 4. The molecular formula is C18H25F3N2O5. The highest BCUT2D eigenvalue weighted by Crippen LogP contribution is 2.37. The largest absolute Gasteiger partial charge is 0.440 e. The number of aromatic nitrogens is 1. The summed E-state index contributed by atoms with van der Waals surface area (Å²) in [7, 11) is 0. The van der Waals surface area contributed by atoms with E-state index in [1.54, 1.807) is 13.8 Å². The minimum atomic E-state index is -4.66. The molecule has 0 atom stereocenters. The molecule has 7 nitrogen and oxygen atoms in total. The molecule has 1 aromatic heterocycles. The fraction of sp³-hybridized carbons (Fsp3) is 0.611. The van der Waals surface area contributed by atoms with Gasteiger partial charge in [0.15, 0.2) is 11.5 Å². The lowest BCUT2D eigenvalue weighted by molar-refractivity contribution is -0.332. The summed E-state index contributed by atoms with van der Waals surface area (Å²) in [6.45, 7) is 3.06. The normalized spacial score (nSPS) is 15.9. The van der Waals surface area contributed by atoms with Crippen LogP contribution in [0.25, 0.3) is 11.1 Å². The Morgan fingerprint density at radius 1 is 1.18 bits per heavy atom. The van der Waals surface area contributed by atoms with E-state index >= 15 is 0 Å². The van der Waals surface area contributed by atoms with Gasteiger partial charge in [-0.15, -0.1) is 0 Å². The van der Waals surface area contributed by atoms with E-state index in [0.29, 0.717) is 0 Å². The maximum absolute atomic E-state index is 13.1. The van der Waals surface area contributed by atoms with Crippen molar-refractivity contribution < 1.29 is 38.0 Å². The first-order valence-corrected chi connectivity index (χ1v) is 8.97. The molecule has 0 unspecified atom stereocenters. The number of fused-ring (bicyclic) bond motifs is 1. The van der Waals surface area contributed by atoms with Crippen LogP contribution in [0.15, 0.2) is 16.5 Å². The molecule has 10 heteroatoms. The first kappa shape index (κ1) is 22.6. The number of nitrogens with one attached hydrogen (secondary N) is 1. The van der Waals surface area contributed by atoms with Gasteiger partial charge in [0.1, 0.15) is 11.1 Å². The predicted molar refractivity (Wildman–Crippen MR) is 93.8 cm³/mol. The van der Waals surface area contributed by atoms with Crippen molar-refractivity contribution in [2.24, 2.45) is 0 Å². The maximum Gasteiger partial charge on any atom is 0.420 e. The number of rotatable bonds is 4. The Morgan fingerprint density at radius 3 is 2.21 bits per heavy atom. The molecule has 5 N–H and O–H groups in total. The first-order chi connectivity index (χ1) is 12.9. The average Bonchev–Trinajstić information content (AvgIpc) is 3.19. The zero-order valence-corrected chi connectivity index (χ0v) is 15.6. The predicted octanol–water partition coefficient (Wildman–Crippen LogP) is 2.57. The molecule has 0 bridgehead atoms. The van der Waals surface area contributed by atoms with Crippen LogP contribution < -0.4 is 5.32 Å². The van der Waals surface area contributed by atoms with Crippen molar-refractivity contribution in [2.75, 3.05) is 0 Å². The summed E-state index contributed by atoms with van der Waals surface area (Å²) in [5.74, 6) is -0.0125. The van der Waals surface area contributed by atoms with Gasteiger partial charge in [0.05, 0.1) is 6.10 Å². The number of benzene rings is 1. The van der Waals surface area contributed by atoms with Crippen LogP contribution in [0.3, 0.4) is 0 Å². The second kappa shape index (κ2) is 8.75. The lowest BCUT2D eigenvalue weighted by Gasteiger charge is -2.16. The van der Waals surface area contributed by atoms with Crippen LogP contribution in [0.2, 0.25) is 0 Å². The third-order valence-electron chi connectivity index (χ3n) is 4.22. The number of nitrogens with zero attached hydrogens (tertiary/aromatic N) is 1. The summed E-state index contributed by atoms with van der Waals surface area (Å²) in [6.07, 6.45) is -3.23. The minimum absolute atomic E-state index is 0.00902. The topological polar surface area (TPSA) is 119 Å². The highest BCUT2D eigenvalue weighted by atomic mass is 19.4. The zero-order valence-electron chi connectivity index (χ0n) is 15.6. The number of halogens is 3. The van der Waals surface area contributed by atoms with E-state index in [1.165, 1.54) is 18.9 Å². The van der Waals surface area contributed by atoms with Crippen LogP contribution in [0.5, 0.6) is 0 Å². The van der Waals surface area contributed by atoms with Gasteiger partial charge in [-0.25, -0.2) is 10.3 Å². The molecule has 28 heavy (non-hydrogen) atoms. The molecule has 2 aromatic rings. The molecule has 1 saturated carbocycles. The molecule has 3 rings (SSSR count). The Hall–Kier alpha value is -1.72. The fourth-order valence-corrected chi connectivity index (χ4v) is 2.79. The van der Waals surface area contributed by atoms with Crippen LogP contribution in [-0.4, -0.2) is 37.6 Å². The highest BCUT2D eigenvalue weighted by molar-refractivity contribution is 5.78. The Kier molecular flexibility index (Phi) is 7.05.